The Kier molecular flexibility index (Phi) is 10.8. The van der Waals surface area contributed by atoms with Gasteiger partial charge in [-0.25, -0.2) is 0 Å². The molecule has 0 heterocycles. The minimum absolute atomic E-state index is 0. The number of rotatable bonds is 3. The van der Waals surface area contributed by atoms with Crippen LogP contribution in [-0.4, -0.2) is 0 Å². The Morgan fingerprint density at radius 1 is 0.647 bits per heavy atom. The van der Waals surface area contributed by atoms with Crippen molar-refractivity contribution in [2.24, 2.45) is 45.8 Å². The summed E-state index contributed by atoms with van der Waals surface area (Å²) in [7, 11) is 0. The van der Waals surface area contributed by atoms with Crippen molar-refractivity contribution in [3.63, 3.8) is 0 Å². The molecule has 0 nitrogen and oxygen atoms in total. The number of fused-ring (bicyclic) bond motifs is 3. The van der Waals surface area contributed by atoms with E-state index >= 15 is 0 Å². The van der Waals surface area contributed by atoms with Gasteiger partial charge < -0.3 is 24.8 Å². The number of halogens is 2. The van der Waals surface area contributed by atoms with Gasteiger partial charge in [0.15, 0.2) is 0 Å². The molecule has 2 unspecified atom stereocenters. The average Bonchev–Trinajstić information content (AvgIpc) is 3.60. The van der Waals surface area contributed by atoms with Crippen molar-refractivity contribution >= 4 is 0 Å². The molecule has 2 aromatic carbocycles. The van der Waals surface area contributed by atoms with Crippen molar-refractivity contribution in [1.29, 1.82) is 0 Å². The quantitative estimate of drug-likeness (QED) is 0.301. The topological polar surface area (TPSA) is 0 Å². The van der Waals surface area contributed by atoms with E-state index < -0.39 is 0 Å². The first-order valence-corrected chi connectivity index (χ1v) is 20.0. The molecule has 0 spiro atoms. The van der Waals surface area contributed by atoms with Gasteiger partial charge in [0.25, 0.3) is 0 Å². The van der Waals surface area contributed by atoms with E-state index in [2.05, 4.69) is 120 Å². The molecule has 0 N–H and O–H groups in total. The molecule has 276 valence electrons. The monoisotopic (exact) mass is 802 g/mol. The maximum absolute atomic E-state index is 2.92. The van der Waals surface area contributed by atoms with Gasteiger partial charge in [-0.3, -0.25) is 0 Å². The maximum atomic E-state index is 2.92. The standard InChI is InChI=1S/C48H66.2ClH.Zr/c1-27(2)48(26-42(46(11,12)13)38-19-33(20-41(38)48)47-23-30-16-31(24-47)18-32(17-30)25-47)43-36-14-28(3)39(44(5,6)7)21-34(36)35-22-40(45(8,9)10)29(4)15-37(35)43;;;/h14-15,20-22,27,30-32,42-43H,16-19,23-26H2,1-13H3;2*1H;/q;;;+2/p-2. The Morgan fingerprint density at radius 3 is 1.45 bits per heavy atom. The van der Waals surface area contributed by atoms with E-state index in [9.17, 15) is 0 Å². The zero-order valence-corrected chi connectivity index (χ0v) is 38.2. The molecule has 7 aliphatic rings. The molecular formula is C48H66Cl2Zr. The van der Waals surface area contributed by atoms with Gasteiger partial charge in [-0.1, -0.05) is 118 Å². The normalized spacial score (nSPS) is 30.8. The molecule has 4 bridgehead atoms. The molecule has 4 saturated carbocycles. The number of aryl methyl sites for hydroxylation is 2. The second-order valence-corrected chi connectivity index (χ2v) is 21.7. The van der Waals surface area contributed by atoms with Crippen LogP contribution in [0.5, 0.6) is 0 Å². The van der Waals surface area contributed by atoms with Gasteiger partial charge in [0.2, 0.25) is 0 Å². The molecule has 0 aromatic heterocycles. The van der Waals surface area contributed by atoms with Crippen LogP contribution in [0.1, 0.15) is 167 Å². The molecule has 7 aliphatic carbocycles. The van der Waals surface area contributed by atoms with Gasteiger partial charge in [0.1, 0.15) is 0 Å². The number of hydrogen-bond donors (Lipinski definition) is 0. The van der Waals surface area contributed by atoms with Crippen LogP contribution in [-0.2, 0) is 37.0 Å². The number of benzene rings is 2. The van der Waals surface area contributed by atoms with E-state index in [0.717, 1.165) is 17.8 Å². The molecule has 0 aliphatic heterocycles. The smallest absolute Gasteiger partial charge is 1.00 e. The zero-order valence-electron chi connectivity index (χ0n) is 34.3. The Bertz CT molecular complexity index is 1660. The van der Waals surface area contributed by atoms with Crippen LogP contribution >= 0.6 is 0 Å². The summed E-state index contributed by atoms with van der Waals surface area (Å²) in [5.41, 5.74) is 18.9. The Hall–Kier alpha value is -0.617. The first kappa shape index (κ1) is 41.5. The van der Waals surface area contributed by atoms with Gasteiger partial charge in [0.05, 0.1) is 0 Å². The molecule has 51 heavy (non-hydrogen) atoms. The second kappa shape index (κ2) is 13.3. The Morgan fingerprint density at radius 2 is 1.08 bits per heavy atom. The van der Waals surface area contributed by atoms with Crippen LogP contribution in [0.2, 0.25) is 0 Å². The molecule has 0 radical (unpaired) electrons. The van der Waals surface area contributed by atoms with Gasteiger partial charge in [0, 0.05) is 11.3 Å². The van der Waals surface area contributed by atoms with E-state index in [-0.39, 0.29) is 72.7 Å². The summed E-state index contributed by atoms with van der Waals surface area (Å²) in [4.78, 5) is 0. The predicted molar refractivity (Wildman–Crippen MR) is 206 cm³/mol. The van der Waals surface area contributed by atoms with Gasteiger partial charge in [-0.2, -0.15) is 0 Å². The summed E-state index contributed by atoms with van der Waals surface area (Å²) in [5.74, 6) is 4.57. The SMILES string of the molecule is Cc1cc2c(cc1C(C)(C)C)-c1cc(C(C)(C)C)c(C)cc1C2C1(C(C)C)CC(C(C)(C)C)C2=C1C=C(C13CC4CC(CC(C4)C1)C3)C2.[Cl-].[Cl-].[Zr+2]. The van der Waals surface area contributed by atoms with Crippen molar-refractivity contribution in [3.8, 4) is 11.1 Å². The number of allylic oxidation sites excluding steroid dienone is 4. The predicted octanol–water partition coefficient (Wildman–Crippen LogP) is 7.57. The fourth-order valence-corrected chi connectivity index (χ4v) is 13.5. The van der Waals surface area contributed by atoms with Crippen LogP contribution in [0.4, 0.5) is 0 Å². The molecule has 2 atom stereocenters. The maximum Gasteiger partial charge on any atom is 2.00 e. The van der Waals surface area contributed by atoms with Gasteiger partial charge in [-0.15, -0.1) is 0 Å². The largest absolute Gasteiger partial charge is 2.00 e. The fourth-order valence-electron chi connectivity index (χ4n) is 13.5. The van der Waals surface area contributed by atoms with Crippen molar-refractivity contribution < 1.29 is 51.0 Å². The van der Waals surface area contributed by atoms with Crippen LogP contribution in [0.15, 0.2) is 47.1 Å². The van der Waals surface area contributed by atoms with Crippen molar-refractivity contribution in [3.05, 3.63) is 80.4 Å². The zero-order chi connectivity index (χ0) is 34.5. The Labute approximate surface area is 344 Å². The molecule has 4 fully saturated rings. The summed E-state index contributed by atoms with van der Waals surface area (Å²) >= 11 is 0. The Balaban J connectivity index is 0.00000168. The van der Waals surface area contributed by atoms with Crippen LogP contribution in [0, 0.1) is 59.7 Å². The van der Waals surface area contributed by atoms with E-state index in [0.29, 0.717) is 23.2 Å². The summed E-state index contributed by atoms with van der Waals surface area (Å²) in [6.45, 7) is 32.0. The van der Waals surface area contributed by atoms with Crippen molar-refractivity contribution in [1.82, 2.24) is 0 Å². The third-order valence-electron chi connectivity index (χ3n) is 15.1. The van der Waals surface area contributed by atoms with Crippen molar-refractivity contribution in [2.45, 2.75) is 158 Å². The fraction of sp³-hybridized carbons (Fsp3) is 0.667. The average molecular weight is 805 g/mol. The third-order valence-corrected chi connectivity index (χ3v) is 15.1. The minimum Gasteiger partial charge on any atom is -1.00 e. The molecule has 9 rings (SSSR count). The summed E-state index contributed by atoms with van der Waals surface area (Å²) < 4.78 is 0. The number of hydrogen-bond acceptors (Lipinski definition) is 0. The van der Waals surface area contributed by atoms with E-state index in [1.807, 2.05) is 11.1 Å². The first-order chi connectivity index (χ1) is 22.2. The van der Waals surface area contributed by atoms with Gasteiger partial charge >= 0.3 is 26.2 Å². The van der Waals surface area contributed by atoms with E-state index in [1.165, 1.54) is 84.7 Å². The van der Waals surface area contributed by atoms with E-state index in [1.54, 1.807) is 16.7 Å². The van der Waals surface area contributed by atoms with Crippen LogP contribution in [0.25, 0.3) is 11.1 Å². The molecular weight excluding hydrogens is 739 g/mol. The summed E-state index contributed by atoms with van der Waals surface area (Å²) in [6.07, 6.45) is 14.5. The molecule has 2 aromatic rings. The molecule has 0 amide bonds. The minimum atomic E-state index is 0. The van der Waals surface area contributed by atoms with Crippen molar-refractivity contribution in [2.75, 3.05) is 0 Å². The van der Waals surface area contributed by atoms with Crippen LogP contribution in [0.3, 0.4) is 0 Å². The first-order valence-electron chi connectivity index (χ1n) is 20.0. The third kappa shape index (κ3) is 6.23. The summed E-state index contributed by atoms with van der Waals surface area (Å²) in [5, 5.41) is 0. The molecule has 0 saturated heterocycles. The van der Waals surface area contributed by atoms with Gasteiger partial charge in [-0.05, 0) is 167 Å². The summed E-state index contributed by atoms with van der Waals surface area (Å²) in [6, 6.07) is 10.6. The van der Waals surface area contributed by atoms with E-state index in [4.69, 9.17) is 0 Å². The van der Waals surface area contributed by atoms with Crippen LogP contribution < -0.4 is 24.8 Å². The second-order valence-electron chi connectivity index (χ2n) is 21.7. The molecule has 3 heteroatoms.